The van der Waals surface area contributed by atoms with E-state index in [4.69, 9.17) is 0 Å². The highest BCUT2D eigenvalue weighted by atomic mass is 16.2. The average molecular weight is 362 g/mol. The van der Waals surface area contributed by atoms with Crippen molar-refractivity contribution in [2.24, 2.45) is 0 Å². The third-order valence-electron chi connectivity index (χ3n) is 4.90. The van der Waals surface area contributed by atoms with Gasteiger partial charge in [0.2, 0.25) is 0 Å². The van der Waals surface area contributed by atoms with Crippen molar-refractivity contribution in [3.8, 4) is 0 Å². The molecule has 0 fully saturated rings. The number of amides is 2. The minimum absolute atomic E-state index is 0.0292. The van der Waals surface area contributed by atoms with Crippen LogP contribution in [0.25, 0.3) is 10.9 Å². The van der Waals surface area contributed by atoms with Crippen LogP contribution in [-0.2, 0) is 19.5 Å². The number of aryl methyl sites for hydroxylation is 2. The molecule has 2 aromatic carbocycles. The molecule has 0 bridgehead atoms. The highest BCUT2D eigenvalue weighted by Gasteiger charge is 2.15. The molecule has 2 N–H and O–H groups in total. The second-order valence-electron chi connectivity index (χ2n) is 6.97. The van der Waals surface area contributed by atoms with Crippen molar-refractivity contribution < 1.29 is 4.79 Å². The van der Waals surface area contributed by atoms with Crippen molar-refractivity contribution in [3.63, 3.8) is 0 Å². The van der Waals surface area contributed by atoms with Gasteiger partial charge in [0.1, 0.15) is 5.82 Å². The molecule has 6 heteroatoms. The molecular formula is C21H22N4O2. The summed E-state index contributed by atoms with van der Waals surface area (Å²) >= 11 is 0. The standard InChI is InChI=1S/C21H22N4O2/c1-14-5-7-15(8-6-14)13-22-21(27)23-16-9-10-18-17(12-16)20(26)25-11-3-2-4-19(25)24-18/h5-10,12H,2-4,11,13H2,1H3,(H2,22,23,27). The molecule has 1 aromatic heterocycles. The number of fused-ring (bicyclic) bond motifs is 2. The molecule has 27 heavy (non-hydrogen) atoms. The van der Waals surface area contributed by atoms with Crippen molar-refractivity contribution in [1.29, 1.82) is 0 Å². The van der Waals surface area contributed by atoms with Crippen molar-refractivity contribution in [1.82, 2.24) is 14.9 Å². The number of carbonyl (C=O) groups is 1. The first-order chi connectivity index (χ1) is 13.1. The van der Waals surface area contributed by atoms with Crippen LogP contribution in [0.3, 0.4) is 0 Å². The van der Waals surface area contributed by atoms with Crippen LogP contribution in [0, 0.1) is 6.92 Å². The minimum atomic E-state index is -0.305. The second-order valence-corrected chi connectivity index (χ2v) is 6.97. The van der Waals surface area contributed by atoms with Gasteiger partial charge < -0.3 is 10.6 Å². The van der Waals surface area contributed by atoms with E-state index in [1.54, 1.807) is 22.8 Å². The zero-order valence-corrected chi connectivity index (χ0v) is 15.3. The zero-order valence-electron chi connectivity index (χ0n) is 15.3. The number of benzene rings is 2. The van der Waals surface area contributed by atoms with E-state index >= 15 is 0 Å². The quantitative estimate of drug-likeness (QED) is 0.750. The van der Waals surface area contributed by atoms with E-state index in [2.05, 4.69) is 15.6 Å². The molecule has 138 valence electrons. The van der Waals surface area contributed by atoms with Gasteiger partial charge in [0.05, 0.1) is 10.9 Å². The number of aromatic nitrogens is 2. The first-order valence-corrected chi connectivity index (χ1v) is 9.24. The first-order valence-electron chi connectivity index (χ1n) is 9.24. The van der Waals surface area contributed by atoms with Gasteiger partial charge in [0, 0.05) is 25.2 Å². The van der Waals surface area contributed by atoms with E-state index < -0.39 is 0 Å². The molecule has 0 aliphatic carbocycles. The maximum absolute atomic E-state index is 12.7. The molecule has 2 heterocycles. The van der Waals surface area contributed by atoms with Gasteiger partial charge in [-0.2, -0.15) is 0 Å². The molecule has 3 aromatic rings. The van der Waals surface area contributed by atoms with Crippen LogP contribution in [0.4, 0.5) is 10.5 Å². The Morgan fingerprint density at radius 2 is 1.96 bits per heavy atom. The lowest BCUT2D eigenvalue weighted by Gasteiger charge is -2.18. The molecule has 0 spiro atoms. The topological polar surface area (TPSA) is 76.0 Å². The Morgan fingerprint density at radius 3 is 2.78 bits per heavy atom. The largest absolute Gasteiger partial charge is 0.334 e. The normalized spacial score (nSPS) is 13.2. The summed E-state index contributed by atoms with van der Waals surface area (Å²) < 4.78 is 1.76. The summed E-state index contributed by atoms with van der Waals surface area (Å²) in [5.41, 5.74) is 3.45. The number of hydrogen-bond acceptors (Lipinski definition) is 3. The van der Waals surface area contributed by atoms with Gasteiger partial charge in [-0.15, -0.1) is 0 Å². The van der Waals surface area contributed by atoms with Gasteiger partial charge >= 0.3 is 6.03 Å². The number of carbonyl (C=O) groups excluding carboxylic acids is 1. The molecule has 4 rings (SSSR count). The third-order valence-corrected chi connectivity index (χ3v) is 4.90. The lowest BCUT2D eigenvalue weighted by Crippen LogP contribution is -2.29. The van der Waals surface area contributed by atoms with Gasteiger partial charge in [0.15, 0.2) is 0 Å². The summed E-state index contributed by atoms with van der Waals surface area (Å²) in [6, 6.07) is 13.0. The van der Waals surface area contributed by atoms with Crippen LogP contribution in [0.2, 0.25) is 0 Å². The van der Waals surface area contributed by atoms with Crippen LogP contribution in [0.1, 0.15) is 29.8 Å². The van der Waals surface area contributed by atoms with Crippen LogP contribution in [0.15, 0.2) is 47.3 Å². The van der Waals surface area contributed by atoms with Gasteiger partial charge in [0.25, 0.3) is 5.56 Å². The Morgan fingerprint density at radius 1 is 1.15 bits per heavy atom. The van der Waals surface area contributed by atoms with E-state index in [-0.39, 0.29) is 11.6 Å². The number of nitrogens with zero attached hydrogens (tertiary/aromatic N) is 2. The predicted molar refractivity (Wildman–Crippen MR) is 106 cm³/mol. The Bertz CT molecular complexity index is 1050. The first kappa shape index (κ1) is 17.3. The molecule has 0 radical (unpaired) electrons. The fraction of sp³-hybridized carbons (Fsp3) is 0.286. The summed E-state index contributed by atoms with van der Waals surface area (Å²) in [7, 11) is 0. The van der Waals surface area contributed by atoms with Crippen molar-refractivity contribution in [2.45, 2.75) is 39.3 Å². The molecule has 0 saturated carbocycles. The van der Waals surface area contributed by atoms with Crippen molar-refractivity contribution >= 4 is 22.6 Å². The molecule has 0 saturated heterocycles. The molecule has 1 aliphatic rings. The third kappa shape index (κ3) is 3.69. The smallest absolute Gasteiger partial charge is 0.319 e. The number of hydrogen-bond donors (Lipinski definition) is 2. The average Bonchev–Trinajstić information content (AvgIpc) is 2.68. The van der Waals surface area contributed by atoms with Crippen molar-refractivity contribution in [2.75, 3.05) is 5.32 Å². The Balaban J connectivity index is 1.50. The zero-order chi connectivity index (χ0) is 18.8. The second kappa shape index (κ2) is 7.23. The maximum Gasteiger partial charge on any atom is 0.319 e. The Labute approximate surface area is 157 Å². The fourth-order valence-corrected chi connectivity index (χ4v) is 3.38. The van der Waals surface area contributed by atoms with E-state index in [0.29, 0.717) is 29.7 Å². The Kier molecular flexibility index (Phi) is 4.62. The minimum Gasteiger partial charge on any atom is -0.334 e. The molecule has 0 unspecified atom stereocenters. The maximum atomic E-state index is 12.7. The van der Waals surface area contributed by atoms with Crippen molar-refractivity contribution in [3.05, 3.63) is 69.8 Å². The van der Waals surface area contributed by atoms with E-state index in [9.17, 15) is 9.59 Å². The van der Waals surface area contributed by atoms with Crippen LogP contribution in [0.5, 0.6) is 0 Å². The highest BCUT2D eigenvalue weighted by Crippen LogP contribution is 2.18. The molecule has 2 amide bonds. The SMILES string of the molecule is Cc1ccc(CNC(=O)Nc2ccc3nc4n(c(=O)c3c2)CCCC4)cc1. The fourth-order valence-electron chi connectivity index (χ4n) is 3.38. The summed E-state index contributed by atoms with van der Waals surface area (Å²) in [4.78, 5) is 29.5. The molecule has 0 atom stereocenters. The number of anilines is 1. The summed E-state index contributed by atoms with van der Waals surface area (Å²) in [5.74, 6) is 0.857. The monoisotopic (exact) mass is 362 g/mol. The van der Waals surface area contributed by atoms with E-state index in [1.807, 2.05) is 31.2 Å². The Hall–Kier alpha value is -3.15. The summed E-state index contributed by atoms with van der Waals surface area (Å²) in [5, 5.41) is 6.17. The van der Waals surface area contributed by atoms with Crippen LogP contribution < -0.4 is 16.2 Å². The van der Waals surface area contributed by atoms with Gasteiger partial charge in [-0.3, -0.25) is 9.36 Å². The van der Waals surface area contributed by atoms with Gasteiger partial charge in [-0.1, -0.05) is 29.8 Å². The van der Waals surface area contributed by atoms with E-state index in [1.165, 1.54) is 5.56 Å². The van der Waals surface area contributed by atoms with Crippen LogP contribution in [-0.4, -0.2) is 15.6 Å². The van der Waals surface area contributed by atoms with Gasteiger partial charge in [-0.05, 0) is 43.5 Å². The molecule has 6 nitrogen and oxygen atoms in total. The lowest BCUT2D eigenvalue weighted by molar-refractivity contribution is 0.251. The number of rotatable bonds is 3. The van der Waals surface area contributed by atoms with E-state index in [0.717, 1.165) is 30.7 Å². The summed E-state index contributed by atoms with van der Waals surface area (Å²) in [6.45, 7) is 3.18. The van der Waals surface area contributed by atoms with Gasteiger partial charge in [-0.25, -0.2) is 9.78 Å². The lowest BCUT2D eigenvalue weighted by atomic mass is 10.1. The van der Waals surface area contributed by atoms with Crippen LogP contribution >= 0.6 is 0 Å². The number of nitrogens with one attached hydrogen (secondary N) is 2. The molecule has 1 aliphatic heterocycles. The predicted octanol–water partition coefficient (Wildman–Crippen LogP) is 3.36. The highest BCUT2D eigenvalue weighted by molar-refractivity contribution is 5.92. The summed E-state index contributed by atoms with van der Waals surface area (Å²) in [6.07, 6.45) is 2.91. The number of urea groups is 1. The molecular weight excluding hydrogens is 340 g/mol.